The van der Waals surface area contributed by atoms with Gasteiger partial charge in [0.2, 0.25) is 17.8 Å². The van der Waals surface area contributed by atoms with Crippen LogP contribution in [0.25, 0.3) is 5.73 Å². The summed E-state index contributed by atoms with van der Waals surface area (Å²) in [5.41, 5.74) is 6.86. The first-order chi connectivity index (χ1) is 10.7. The SMILES string of the molecule is CC(=O)NC1C(C)C=C(C(=O)O)OC1C(OC([NH-])=O)C(O)CO.[Y+3]. The maximum absolute atomic E-state index is 11.3. The molecule has 0 saturated carbocycles. The van der Waals surface area contributed by atoms with Gasteiger partial charge in [-0.15, -0.1) is 0 Å². The van der Waals surface area contributed by atoms with Crippen molar-refractivity contribution in [2.24, 2.45) is 5.92 Å². The zero-order valence-corrected chi connectivity index (χ0v) is 16.0. The molecule has 1 heterocycles. The van der Waals surface area contributed by atoms with Crippen LogP contribution in [0.15, 0.2) is 11.8 Å². The van der Waals surface area contributed by atoms with Crippen LogP contribution in [0.3, 0.4) is 0 Å². The van der Waals surface area contributed by atoms with Crippen molar-refractivity contribution in [2.75, 3.05) is 6.61 Å². The normalized spacial score (nSPS) is 25.2. The number of aliphatic hydroxyl groups is 2. The Morgan fingerprint density at radius 1 is 1.46 bits per heavy atom. The zero-order chi connectivity index (χ0) is 17.7. The van der Waals surface area contributed by atoms with Crippen LogP contribution in [0.5, 0.6) is 0 Å². The van der Waals surface area contributed by atoms with Crippen molar-refractivity contribution in [3.8, 4) is 0 Å². The van der Waals surface area contributed by atoms with Gasteiger partial charge in [0.25, 0.3) is 0 Å². The third-order valence-corrected chi connectivity index (χ3v) is 3.31. The van der Waals surface area contributed by atoms with Crippen molar-refractivity contribution in [2.45, 2.75) is 38.2 Å². The molecular weight excluding hydrogens is 401 g/mol. The fourth-order valence-electron chi connectivity index (χ4n) is 2.33. The molecule has 11 heteroatoms. The van der Waals surface area contributed by atoms with E-state index in [1.165, 1.54) is 13.0 Å². The van der Waals surface area contributed by atoms with Crippen LogP contribution in [-0.2, 0) is 51.8 Å². The van der Waals surface area contributed by atoms with Crippen molar-refractivity contribution >= 4 is 18.0 Å². The van der Waals surface area contributed by atoms with Crippen molar-refractivity contribution in [3.63, 3.8) is 0 Å². The van der Waals surface area contributed by atoms with Crippen molar-refractivity contribution in [1.29, 1.82) is 0 Å². The fourth-order valence-corrected chi connectivity index (χ4v) is 2.33. The van der Waals surface area contributed by atoms with Crippen molar-refractivity contribution < 1.29 is 71.9 Å². The standard InChI is InChI=1S/C13H20N2O8.Y/c1-5-3-8(12(19)20)22-11(9(5)15-6(2)17)10(7(18)4-16)23-13(14)21;/h3,5,7,9-11,16,18H,4H2,1-2H3,(H4,14,15,17,19,20,21);/q;+3/p-1. The molecule has 0 radical (unpaired) electrons. The minimum Gasteiger partial charge on any atom is -0.632 e. The number of hydrogen-bond donors (Lipinski definition) is 4. The predicted molar refractivity (Wildman–Crippen MR) is 75.0 cm³/mol. The van der Waals surface area contributed by atoms with Gasteiger partial charge in [-0.25, -0.2) is 4.79 Å². The third-order valence-electron chi connectivity index (χ3n) is 3.31. The van der Waals surface area contributed by atoms with Crippen LogP contribution in [0, 0.1) is 5.92 Å². The third kappa shape index (κ3) is 6.01. The van der Waals surface area contributed by atoms with E-state index in [-0.39, 0.29) is 32.7 Å². The second kappa shape index (κ2) is 9.92. The summed E-state index contributed by atoms with van der Waals surface area (Å²) in [6.45, 7) is 2.02. The van der Waals surface area contributed by atoms with Gasteiger partial charge in [-0.05, 0) is 6.08 Å². The van der Waals surface area contributed by atoms with Gasteiger partial charge >= 0.3 is 38.7 Å². The van der Waals surface area contributed by atoms with Crippen LogP contribution in [0.4, 0.5) is 4.79 Å². The maximum Gasteiger partial charge on any atom is 3.00 e. The summed E-state index contributed by atoms with van der Waals surface area (Å²) in [6, 6.07) is -0.832. The molecule has 130 valence electrons. The molecule has 5 atom stereocenters. The van der Waals surface area contributed by atoms with Gasteiger partial charge in [-0.1, -0.05) is 6.92 Å². The zero-order valence-electron chi connectivity index (χ0n) is 13.1. The molecule has 0 aromatic rings. The number of carboxylic acid groups (broad SMARTS) is 1. The Labute approximate surface area is 163 Å². The van der Waals surface area contributed by atoms with Gasteiger partial charge in [0.15, 0.2) is 12.2 Å². The summed E-state index contributed by atoms with van der Waals surface area (Å²) < 4.78 is 9.88. The smallest absolute Gasteiger partial charge is 0.632 e. The number of carboxylic acids is 1. The molecule has 1 aliphatic heterocycles. The van der Waals surface area contributed by atoms with Crippen molar-refractivity contribution in [1.82, 2.24) is 5.32 Å². The molecule has 0 bridgehead atoms. The number of aliphatic carboxylic acids is 1. The van der Waals surface area contributed by atoms with Crippen LogP contribution in [0.1, 0.15) is 13.8 Å². The average Bonchev–Trinajstić information content (AvgIpc) is 2.45. The van der Waals surface area contributed by atoms with Crippen molar-refractivity contribution in [3.05, 3.63) is 17.6 Å². The largest absolute Gasteiger partial charge is 3.00 e. The van der Waals surface area contributed by atoms with E-state index in [9.17, 15) is 19.5 Å². The topological polar surface area (TPSA) is 166 Å². The number of amides is 2. The van der Waals surface area contributed by atoms with Gasteiger partial charge < -0.3 is 35.8 Å². The van der Waals surface area contributed by atoms with E-state index in [1.54, 1.807) is 6.92 Å². The first-order valence-electron chi connectivity index (χ1n) is 6.77. The van der Waals surface area contributed by atoms with Crippen LogP contribution < -0.4 is 5.32 Å². The summed E-state index contributed by atoms with van der Waals surface area (Å²) in [6.07, 6.45) is -4.67. The second-order valence-electron chi connectivity index (χ2n) is 5.12. The predicted octanol–water partition coefficient (Wildman–Crippen LogP) is -0.597. The van der Waals surface area contributed by atoms with E-state index in [0.29, 0.717) is 0 Å². The monoisotopic (exact) mass is 420 g/mol. The molecule has 24 heavy (non-hydrogen) atoms. The van der Waals surface area contributed by atoms with E-state index in [1.807, 2.05) is 0 Å². The Hall–Kier alpha value is -1.23. The van der Waals surface area contributed by atoms with Gasteiger partial charge in [0.05, 0.1) is 12.6 Å². The van der Waals surface area contributed by atoms with Gasteiger partial charge in [-0.2, -0.15) is 0 Å². The Bertz CT molecular complexity index is 512. The number of hydrogen-bond acceptors (Lipinski definition) is 7. The first kappa shape index (κ1) is 22.8. The molecule has 0 saturated heterocycles. The summed E-state index contributed by atoms with van der Waals surface area (Å²) in [5, 5.41) is 30.5. The minimum atomic E-state index is -1.62. The summed E-state index contributed by atoms with van der Waals surface area (Å²) in [4.78, 5) is 33.4. The Morgan fingerprint density at radius 2 is 2.04 bits per heavy atom. The van der Waals surface area contributed by atoms with Crippen LogP contribution in [0.2, 0.25) is 0 Å². The Kier molecular flexibility index (Phi) is 9.42. The van der Waals surface area contributed by atoms with Crippen LogP contribution in [-0.4, -0.2) is 64.2 Å². The second-order valence-corrected chi connectivity index (χ2v) is 5.12. The first-order valence-corrected chi connectivity index (χ1v) is 6.77. The van der Waals surface area contributed by atoms with Gasteiger partial charge in [-0.3, -0.25) is 9.59 Å². The number of ether oxygens (including phenoxy) is 2. The number of carbonyl (C=O) groups excluding carboxylic acids is 2. The summed E-state index contributed by atoms with van der Waals surface area (Å²) >= 11 is 0. The molecule has 0 fully saturated rings. The molecule has 0 aromatic heterocycles. The summed E-state index contributed by atoms with van der Waals surface area (Å²) in [5.74, 6) is -2.79. The molecule has 1 rings (SSSR count). The van der Waals surface area contributed by atoms with Gasteiger partial charge in [0.1, 0.15) is 6.10 Å². The van der Waals surface area contributed by atoms with E-state index in [2.05, 4.69) is 10.1 Å². The molecule has 0 spiro atoms. The number of carbonyl (C=O) groups is 3. The molecule has 2 amide bonds. The van der Waals surface area contributed by atoms with E-state index in [4.69, 9.17) is 20.7 Å². The fraction of sp³-hybridized carbons (Fsp3) is 0.615. The molecule has 5 unspecified atom stereocenters. The minimum absolute atomic E-state index is 0. The number of nitrogens with one attached hydrogen (secondary N) is 2. The molecule has 10 nitrogen and oxygen atoms in total. The quantitative estimate of drug-likeness (QED) is 0.442. The number of rotatable bonds is 6. The Balaban J connectivity index is 0.00000529. The van der Waals surface area contributed by atoms with E-state index < -0.39 is 60.6 Å². The van der Waals surface area contributed by atoms with E-state index in [0.717, 1.165) is 0 Å². The molecule has 0 aromatic carbocycles. The molecule has 1 aliphatic rings. The summed E-state index contributed by atoms with van der Waals surface area (Å²) in [7, 11) is 0. The molecule has 5 N–H and O–H groups in total. The average molecular weight is 420 g/mol. The number of aliphatic hydroxyl groups excluding tert-OH is 2. The molecular formula is C13H19N2O8Y+2. The molecule has 0 aliphatic carbocycles. The maximum atomic E-state index is 11.3. The van der Waals surface area contributed by atoms with E-state index >= 15 is 0 Å². The van der Waals surface area contributed by atoms with Gasteiger partial charge in [0, 0.05) is 12.8 Å². The Morgan fingerprint density at radius 3 is 2.46 bits per heavy atom. The van der Waals surface area contributed by atoms with Crippen LogP contribution >= 0.6 is 0 Å².